The SMILES string of the molecule is C=C(C)C(=O)OC[SiH2]OC(=O)C(OCC)OCC. The third kappa shape index (κ3) is 7.20. The average molecular weight is 276 g/mol. The Labute approximate surface area is 109 Å². The number of hydrogen-bond donors (Lipinski definition) is 0. The van der Waals surface area contributed by atoms with Crippen LogP contribution in [0.5, 0.6) is 0 Å². The van der Waals surface area contributed by atoms with Crippen molar-refractivity contribution in [2.45, 2.75) is 27.1 Å². The lowest BCUT2D eigenvalue weighted by Crippen LogP contribution is -2.31. The van der Waals surface area contributed by atoms with Gasteiger partial charge in [-0.15, -0.1) is 0 Å². The summed E-state index contributed by atoms with van der Waals surface area (Å²) in [7, 11) is -1.28. The van der Waals surface area contributed by atoms with Gasteiger partial charge in [-0.05, 0) is 20.8 Å². The number of carbonyl (C=O) groups excluding carboxylic acids is 2. The van der Waals surface area contributed by atoms with Crippen LogP contribution in [0.3, 0.4) is 0 Å². The predicted octanol–water partition coefficient (Wildman–Crippen LogP) is 0.0893. The second kappa shape index (κ2) is 9.81. The zero-order valence-corrected chi connectivity index (χ0v) is 12.5. The molecule has 0 aliphatic carbocycles. The molecule has 104 valence electrons. The molecule has 0 rings (SSSR count). The van der Waals surface area contributed by atoms with E-state index in [1.807, 2.05) is 0 Å². The first-order valence-electron chi connectivity index (χ1n) is 5.75. The lowest BCUT2D eigenvalue weighted by molar-refractivity contribution is -0.184. The molecule has 0 spiro atoms. The number of rotatable bonds is 9. The first-order chi connectivity index (χ1) is 8.52. The number of ether oxygens (including phenoxy) is 3. The van der Waals surface area contributed by atoms with Crippen molar-refractivity contribution in [3.8, 4) is 0 Å². The van der Waals surface area contributed by atoms with E-state index in [1.165, 1.54) is 0 Å². The highest BCUT2D eigenvalue weighted by molar-refractivity contribution is 6.30. The van der Waals surface area contributed by atoms with Crippen LogP contribution >= 0.6 is 0 Å². The Kier molecular flexibility index (Phi) is 9.16. The first kappa shape index (κ1) is 16.8. The Hall–Kier alpha value is -1.18. The molecular weight excluding hydrogens is 256 g/mol. The monoisotopic (exact) mass is 276 g/mol. The van der Waals surface area contributed by atoms with Crippen molar-refractivity contribution in [2.24, 2.45) is 0 Å². The van der Waals surface area contributed by atoms with Gasteiger partial charge in [0.25, 0.3) is 16.1 Å². The van der Waals surface area contributed by atoms with Crippen LogP contribution in [0.4, 0.5) is 0 Å². The topological polar surface area (TPSA) is 71.1 Å². The zero-order chi connectivity index (χ0) is 14.0. The predicted molar refractivity (Wildman–Crippen MR) is 67.4 cm³/mol. The minimum Gasteiger partial charge on any atom is -0.518 e. The van der Waals surface area contributed by atoms with Crippen LogP contribution in [0.1, 0.15) is 20.8 Å². The fourth-order valence-corrected chi connectivity index (χ4v) is 1.64. The first-order valence-corrected chi connectivity index (χ1v) is 7.33. The Bertz CT molecular complexity index is 285. The van der Waals surface area contributed by atoms with Gasteiger partial charge in [0.1, 0.15) is 6.23 Å². The Balaban J connectivity index is 3.86. The summed E-state index contributed by atoms with van der Waals surface area (Å²) >= 11 is 0. The number of esters is 1. The maximum absolute atomic E-state index is 11.5. The Morgan fingerprint density at radius 3 is 2.22 bits per heavy atom. The van der Waals surface area contributed by atoms with Crippen LogP contribution in [-0.2, 0) is 28.2 Å². The molecule has 0 aliphatic rings. The molecule has 0 saturated carbocycles. The normalized spacial score (nSPS) is 10.9. The van der Waals surface area contributed by atoms with Gasteiger partial charge < -0.3 is 18.6 Å². The third-order valence-electron chi connectivity index (χ3n) is 1.74. The molecular formula is C11H20O6Si. The van der Waals surface area contributed by atoms with Crippen molar-refractivity contribution in [3.63, 3.8) is 0 Å². The van der Waals surface area contributed by atoms with E-state index in [4.69, 9.17) is 18.6 Å². The van der Waals surface area contributed by atoms with Gasteiger partial charge in [-0.3, -0.25) is 0 Å². The Morgan fingerprint density at radius 2 is 1.78 bits per heavy atom. The molecule has 0 amide bonds. The zero-order valence-electron chi connectivity index (χ0n) is 11.1. The third-order valence-corrected chi connectivity index (χ3v) is 2.60. The van der Waals surface area contributed by atoms with Gasteiger partial charge in [-0.25, -0.2) is 9.59 Å². The smallest absolute Gasteiger partial charge is 0.349 e. The average Bonchev–Trinajstić information content (AvgIpc) is 2.33. The van der Waals surface area contributed by atoms with E-state index in [0.717, 1.165) is 0 Å². The second-order valence-electron chi connectivity index (χ2n) is 3.33. The Morgan fingerprint density at radius 1 is 1.22 bits per heavy atom. The molecule has 0 unspecified atom stereocenters. The van der Waals surface area contributed by atoms with E-state index >= 15 is 0 Å². The van der Waals surface area contributed by atoms with Crippen molar-refractivity contribution in [2.75, 3.05) is 19.4 Å². The molecule has 7 heteroatoms. The summed E-state index contributed by atoms with van der Waals surface area (Å²) < 4.78 is 19.9. The van der Waals surface area contributed by atoms with E-state index in [1.54, 1.807) is 20.8 Å². The van der Waals surface area contributed by atoms with Gasteiger partial charge >= 0.3 is 11.9 Å². The summed E-state index contributed by atoms with van der Waals surface area (Å²) in [6.45, 7) is 9.21. The summed E-state index contributed by atoms with van der Waals surface area (Å²) in [5.74, 6) is -1.05. The lowest BCUT2D eigenvalue weighted by Gasteiger charge is -2.15. The number of carbonyl (C=O) groups is 2. The molecule has 0 aromatic rings. The largest absolute Gasteiger partial charge is 0.518 e. The summed E-state index contributed by atoms with van der Waals surface area (Å²) in [5, 5.41) is 0. The van der Waals surface area contributed by atoms with Gasteiger partial charge in [0, 0.05) is 18.8 Å². The molecule has 0 aromatic carbocycles. The van der Waals surface area contributed by atoms with Crippen molar-refractivity contribution >= 4 is 21.7 Å². The summed E-state index contributed by atoms with van der Waals surface area (Å²) in [4.78, 5) is 22.5. The van der Waals surface area contributed by atoms with Gasteiger partial charge in [0.05, 0.1) is 0 Å². The van der Waals surface area contributed by atoms with E-state index in [2.05, 4.69) is 6.58 Å². The van der Waals surface area contributed by atoms with Crippen LogP contribution in [0.25, 0.3) is 0 Å². The van der Waals surface area contributed by atoms with Crippen molar-refractivity contribution in [1.82, 2.24) is 0 Å². The fourth-order valence-electron chi connectivity index (χ4n) is 0.955. The molecule has 0 radical (unpaired) electrons. The molecule has 0 bridgehead atoms. The lowest BCUT2D eigenvalue weighted by atomic mass is 10.4. The van der Waals surface area contributed by atoms with Gasteiger partial charge in [-0.2, -0.15) is 0 Å². The van der Waals surface area contributed by atoms with Crippen molar-refractivity contribution < 1.29 is 28.2 Å². The summed E-state index contributed by atoms with van der Waals surface area (Å²) in [6, 6.07) is 0. The highest BCUT2D eigenvalue weighted by Gasteiger charge is 2.20. The van der Waals surface area contributed by atoms with E-state index in [9.17, 15) is 9.59 Å². The van der Waals surface area contributed by atoms with E-state index < -0.39 is 28.0 Å². The van der Waals surface area contributed by atoms with Crippen molar-refractivity contribution in [1.29, 1.82) is 0 Å². The molecule has 0 aliphatic heterocycles. The highest BCUT2D eigenvalue weighted by atomic mass is 28.2. The highest BCUT2D eigenvalue weighted by Crippen LogP contribution is 1.98. The second-order valence-corrected chi connectivity index (χ2v) is 4.43. The van der Waals surface area contributed by atoms with Gasteiger partial charge in [-0.1, -0.05) is 6.58 Å². The molecule has 0 saturated heterocycles. The molecule has 0 aromatic heterocycles. The van der Waals surface area contributed by atoms with Gasteiger partial charge in [0.2, 0.25) is 0 Å². The summed E-state index contributed by atoms with van der Waals surface area (Å²) in [5.41, 5.74) is 0.317. The van der Waals surface area contributed by atoms with E-state index in [-0.39, 0.29) is 6.23 Å². The fraction of sp³-hybridized carbons (Fsp3) is 0.636. The van der Waals surface area contributed by atoms with Crippen LogP contribution in [0.2, 0.25) is 0 Å². The van der Waals surface area contributed by atoms with Crippen LogP contribution < -0.4 is 0 Å². The van der Waals surface area contributed by atoms with Crippen LogP contribution in [0.15, 0.2) is 12.2 Å². The quantitative estimate of drug-likeness (QED) is 0.195. The molecule has 0 fully saturated rings. The minimum atomic E-state index is -1.28. The van der Waals surface area contributed by atoms with Gasteiger partial charge in [0.15, 0.2) is 0 Å². The molecule has 6 nitrogen and oxygen atoms in total. The summed E-state index contributed by atoms with van der Waals surface area (Å²) in [6.07, 6.45) is -0.882. The minimum absolute atomic E-state index is 0.113. The molecule has 18 heavy (non-hydrogen) atoms. The number of hydrogen-bond acceptors (Lipinski definition) is 6. The molecule has 0 heterocycles. The maximum Gasteiger partial charge on any atom is 0.349 e. The van der Waals surface area contributed by atoms with Crippen LogP contribution in [-0.4, -0.2) is 47.4 Å². The van der Waals surface area contributed by atoms with E-state index in [0.29, 0.717) is 18.8 Å². The molecule has 0 N–H and O–H groups in total. The van der Waals surface area contributed by atoms with Crippen molar-refractivity contribution in [3.05, 3.63) is 12.2 Å². The standard InChI is InChI=1S/C11H20O6Si/c1-5-14-11(15-6-2)10(13)17-18-7-16-9(12)8(3)4/h11H,3,5-7,18H2,1-2,4H3. The van der Waals surface area contributed by atoms with Crippen LogP contribution in [0, 0.1) is 0 Å². The maximum atomic E-state index is 11.5. The molecule has 0 atom stereocenters.